The first-order valence-corrected chi connectivity index (χ1v) is 5.23. The largest absolute Gasteiger partial charge is 0.482 e. The molecule has 6 heteroatoms. The Morgan fingerprint density at radius 3 is 3.00 bits per heavy atom. The van der Waals surface area contributed by atoms with Gasteiger partial charge >= 0.3 is 0 Å². The minimum absolute atomic E-state index is 0.0230. The topological polar surface area (TPSA) is 96.0 Å². The molecule has 4 N–H and O–H groups in total. The van der Waals surface area contributed by atoms with E-state index in [2.05, 4.69) is 0 Å². The summed E-state index contributed by atoms with van der Waals surface area (Å²) in [7, 11) is 0. The smallest absolute Gasteiger partial charge is 0.265 e. The van der Waals surface area contributed by atoms with Crippen LogP contribution in [0.3, 0.4) is 0 Å². The highest BCUT2D eigenvalue weighted by molar-refractivity contribution is 5.98. The molecule has 92 valence electrons. The van der Waals surface area contributed by atoms with Gasteiger partial charge in [-0.15, -0.1) is 0 Å². The summed E-state index contributed by atoms with van der Waals surface area (Å²) in [6.07, 6.45) is -0.980. The van der Waals surface area contributed by atoms with Gasteiger partial charge in [0.05, 0.1) is 24.9 Å². The number of nitrogens with two attached hydrogens (primary N) is 1. The average Bonchev–Trinajstić information content (AvgIpc) is 2.32. The Morgan fingerprint density at radius 2 is 2.29 bits per heavy atom. The second-order valence-corrected chi connectivity index (χ2v) is 3.86. The van der Waals surface area contributed by atoms with Crippen LogP contribution in [0.4, 0.5) is 11.4 Å². The molecule has 1 aromatic rings. The van der Waals surface area contributed by atoms with E-state index in [1.54, 1.807) is 18.2 Å². The molecular weight excluding hydrogens is 224 g/mol. The number of benzene rings is 1. The van der Waals surface area contributed by atoms with Crippen molar-refractivity contribution in [3.8, 4) is 5.75 Å². The van der Waals surface area contributed by atoms with Crippen molar-refractivity contribution in [1.82, 2.24) is 0 Å². The molecule has 0 aromatic heterocycles. The summed E-state index contributed by atoms with van der Waals surface area (Å²) in [5, 5.41) is 18.2. The third-order valence-corrected chi connectivity index (χ3v) is 2.53. The number of carbonyl (C=O) groups excluding carboxylic acids is 1. The molecule has 0 radical (unpaired) electrons. The average molecular weight is 238 g/mol. The maximum Gasteiger partial charge on any atom is 0.265 e. The van der Waals surface area contributed by atoms with Gasteiger partial charge in [-0.2, -0.15) is 0 Å². The van der Waals surface area contributed by atoms with Gasteiger partial charge in [0.25, 0.3) is 5.91 Å². The van der Waals surface area contributed by atoms with Gasteiger partial charge < -0.3 is 25.6 Å². The Morgan fingerprint density at radius 1 is 1.53 bits per heavy atom. The third kappa shape index (κ3) is 2.32. The first kappa shape index (κ1) is 11.7. The summed E-state index contributed by atoms with van der Waals surface area (Å²) in [6, 6.07) is 4.96. The van der Waals surface area contributed by atoms with Crippen molar-refractivity contribution in [3.63, 3.8) is 0 Å². The van der Waals surface area contributed by atoms with Crippen molar-refractivity contribution in [3.05, 3.63) is 18.2 Å². The number of anilines is 2. The number of rotatable bonds is 3. The number of ether oxygens (including phenoxy) is 1. The fourth-order valence-corrected chi connectivity index (χ4v) is 1.69. The molecule has 1 aliphatic rings. The van der Waals surface area contributed by atoms with Crippen LogP contribution in [0.1, 0.15) is 0 Å². The fourth-order valence-electron chi connectivity index (χ4n) is 1.69. The Kier molecular flexibility index (Phi) is 3.16. The molecule has 0 saturated heterocycles. The van der Waals surface area contributed by atoms with Crippen LogP contribution in [0.5, 0.6) is 5.75 Å². The van der Waals surface area contributed by atoms with Crippen LogP contribution in [-0.2, 0) is 4.79 Å². The Balaban J connectivity index is 2.32. The van der Waals surface area contributed by atoms with E-state index in [1.807, 2.05) is 0 Å². The highest BCUT2D eigenvalue weighted by Gasteiger charge is 2.27. The molecule has 1 unspecified atom stereocenters. The van der Waals surface area contributed by atoms with Crippen LogP contribution >= 0.6 is 0 Å². The predicted molar refractivity (Wildman–Crippen MR) is 61.8 cm³/mol. The monoisotopic (exact) mass is 238 g/mol. The van der Waals surface area contributed by atoms with Crippen molar-refractivity contribution < 1.29 is 19.7 Å². The van der Waals surface area contributed by atoms with Gasteiger partial charge in [-0.3, -0.25) is 4.79 Å². The second-order valence-electron chi connectivity index (χ2n) is 3.86. The van der Waals surface area contributed by atoms with Gasteiger partial charge in [0.2, 0.25) is 0 Å². The van der Waals surface area contributed by atoms with E-state index in [0.717, 1.165) is 0 Å². The zero-order valence-electron chi connectivity index (χ0n) is 9.17. The van der Waals surface area contributed by atoms with Gasteiger partial charge in [0.15, 0.2) is 6.61 Å². The maximum atomic E-state index is 11.7. The number of hydrogen-bond acceptors (Lipinski definition) is 5. The first-order valence-electron chi connectivity index (χ1n) is 5.23. The zero-order chi connectivity index (χ0) is 12.4. The van der Waals surface area contributed by atoms with Crippen LogP contribution < -0.4 is 15.4 Å². The summed E-state index contributed by atoms with van der Waals surface area (Å²) in [5.41, 5.74) is 6.67. The molecule has 2 rings (SSSR count). The minimum Gasteiger partial charge on any atom is -0.482 e. The molecule has 0 aliphatic carbocycles. The summed E-state index contributed by atoms with van der Waals surface area (Å²) >= 11 is 0. The standard InChI is InChI=1S/C11H14N2O4/c12-7-1-2-10-9(3-7)13(4-8(15)5-14)11(16)6-17-10/h1-3,8,14-15H,4-6,12H2. The molecule has 0 saturated carbocycles. The molecule has 6 nitrogen and oxygen atoms in total. The zero-order valence-corrected chi connectivity index (χ0v) is 9.17. The molecular formula is C11H14N2O4. The van der Waals surface area contributed by atoms with Gasteiger partial charge in [-0.1, -0.05) is 0 Å². The van der Waals surface area contributed by atoms with Crippen LogP contribution in [0.25, 0.3) is 0 Å². The van der Waals surface area contributed by atoms with Crippen LogP contribution in [-0.4, -0.2) is 42.0 Å². The molecule has 0 fully saturated rings. The summed E-state index contributed by atoms with van der Waals surface area (Å²) in [6.45, 7) is -0.452. The highest BCUT2D eigenvalue weighted by atomic mass is 16.5. The lowest BCUT2D eigenvalue weighted by atomic mass is 10.2. The normalized spacial score (nSPS) is 16.4. The lowest BCUT2D eigenvalue weighted by molar-refractivity contribution is -0.121. The van der Waals surface area contributed by atoms with E-state index >= 15 is 0 Å². The van der Waals surface area contributed by atoms with Crippen molar-refractivity contribution in [2.75, 3.05) is 30.4 Å². The Hall–Kier alpha value is -1.79. The number of nitrogens with zero attached hydrogens (tertiary/aromatic N) is 1. The molecule has 1 aliphatic heterocycles. The summed E-state index contributed by atoms with van der Waals surface area (Å²) in [4.78, 5) is 13.1. The van der Waals surface area contributed by atoms with E-state index in [4.69, 9.17) is 15.6 Å². The lowest BCUT2D eigenvalue weighted by Gasteiger charge is -2.30. The van der Waals surface area contributed by atoms with Crippen LogP contribution in [0, 0.1) is 0 Å². The van der Waals surface area contributed by atoms with E-state index in [9.17, 15) is 9.90 Å². The molecule has 17 heavy (non-hydrogen) atoms. The Bertz CT molecular complexity index is 435. The van der Waals surface area contributed by atoms with Gasteiger partial charge in [0.1, 0.15) is 5.75 Å². The number of fused-ring (bicyclic) bond motifs is 1. The second kappa shape index (κ2) is 4.60. The molecule has 1 heterocycles. The molecule has 1 atom stereocenters. The number of hydrogen-bond donors (Lipinski definition) is 3. The molecule has 0 spiro atoms. The van der Waals surface area contributed by atoms with Crippen molar-refractivity contribution in [2.24, 2.45) is 0 Å². The number of carbonyl (C=O) groups is 1. The molecule has 1 amide bonds. The predicted octanol–water partition coefficient (Wildman–Crippen LogP) is -0.653. The van der Waals surface area contributed by atoms with Gasteiger partial charge in [-0.25, -0.2) is 0 Å². The molecule has 1 aromatic carbocycles. The molecule has 0 bridgehead atoms. The Labute approximate surface area is 98.2 Å². The minimum atomic E-state index is -0.980. The van der Waals surface area contributed by atoms with Crippen molar-refractivity contribution in [2.45, 2.75) is 6.10 Å². The maximum absolute atomic E-state index is 11.7. The highest BCUT2D eigenvalue weighted by Crippen LogP contribution is 2.33. The van der Waals surface area contributed by atoms with Crippen LogP contribution in [0.2, 0.25) is 0 Å². The summed E-state index contributed by atoms with van der Waals surface area (Å²) < 4.78 is 5.25. The van der Waals surface area contributed by atoms with E-state index < -0.39 is 12.7 Å². The quantitative estimate of drug-likeness (QED) is 0.608. The van der Waals surface area contributed by atoms with E-state index in [0.29, 0.717) is 17.1 Å². The summed E-state index contributed by atoms with van der Waals surface area (Å²) in [5.74, 6) is 0.277. The van der Waals surface area contributed by atoms with Gasteiger partial charge in [0, 0.05) is 5.69 Å². The number of aliphatic hydroxyl groups is 2. The van der Waals surface area contributed by atoms with Crippen molar-refractivity contribution >= 4 is 17.3 Å². The van der Waals surface area contributed by atoms with Crippen LogP contribution in [0.15, 0.2) is 18.2 Å². The van der Waals surface area contributed by atoms with Crippen molar-refractivity contribution in [1.29, 1.82) is 0 Å². The number of nitrogen functional groups attached to an aromatic ring is 1. The SMILES string of the molecule is Nc1ccc2c(c1)N(CC(O)CO)C(=O)CO2. The van der Waals surface area contributed by atoms with Gasteiger partial charge in [-0.05, 0) is 18.2 Å². The van der Waals surface area contributed by atoms with E-state index in [-0.39, 0.29) is 19.1 Å². The fraction of sp³-hybridized carbons (Fsp3) is 0.364. The van der Waals surface area contributed by atoms with E-state index in [1.165, 1.54) is 4.90 Å². The lowest BCUT2D eigenvalue weighted by Crippen LogP contribution is -2.44. The number of amides is 1. The number of aliphatic hydroxyl groups excluding tert-OH is 2. The third-order valence-electron chi connectivity index (χ3n) is 2.53. The number of β-amino-alcohol motifs (C(OH)–C–C–N with tert-alkyl or cyclic N) is 1. The first-order chi connectivity index (χ1) is 8.11.